The Morgan fingerprint density at radius 1 is 0.892 bits per heavy atom. The van der Waals surface area contributed by atoms with Gasteiger partial charge in [-0.2, -0.15) is 0 Å². The number of pyridine rings is 3. The van der Waals surface area contributed by atoms with Gasteiger partial charge >= 0.3 is 0 Å². The van der Waals surface area contributed by atoms with Crippen LogP contribution in [0.15, 0.2) is 79.4 Å². The molecular weight excluding hydrogens is 464 g/mol. The fourth-order valence-corrected chi connectivity index (χ4v) is 4.45. The standard InChI is InChI=1S/C28H26N8O/c1-37-23-17-30-16-22-26(23)28(33-21-10-11-29-15-21)36-27(34-22)19-9-12-31-25(13-19)35-24-8-7-20(14-32-24)18-5-3-2-4-6-18/h2-9,12-14,16-17,21,29H,10-11,15H2,1H3,(H,31,32,35)(H,33,34,36). The van der Waals surface area contributed by atoms with Crippen LogP contribution < -0.4 is 20.7 Å². The molecule has 0 aliphatic carbocycles. The van der Waals surface area contributed by atoms with Crippen molar-refractivity contribution in [2.24, 2.45) is 0 Å². The highest BCUT2D eigenvalue weighted by Gasteiger charge is 2.20. The molecule has 6 rings (SSSR count). The second-order valence-corrected chi connectivity index (χ2v) is 8.82. The monoisotopic (exact) mass is 490 g/mol. The number of ether oxygens (including phenoxy) is 1. The van der Waals surface area contributed by atoms with Crippen molar-refractivity contribution in [3.05, 3.63) is 79.4 Å². The Bertz CT molecular complexity index is 1520. The molecule has 1 atom stereocenters. The molecule has 1 fully saturated rings. The van der Waals surface area contributed by atoms with Crippen LogP contribution in [0.3, 0.4) is 0 Å². The van der Waals surface area contributed by atoms with E-state index in [1.165, 1.54) is 0 Å². The van der Waals surface area contributed by atoms with Gasteiger partial charge in [-0.25, -0.2) is 19.9 Å². The third kappa shape index (κ3) is 4.89. The van der Waals surface area contributed by atoms with Crippen molar-refractivity contribution in [1.29, 1.82) is 0 Å². The maximum atomic E-state index is 5.58. The zero-order valence-corrected chi connectivity index (χ0v) is 20.3. The van der Waals surface area contributed by atoms with Crippen molar-refractivity contribution < 1.29 is 4.74 Å². The summed E-state index contributed by atoms with van der Waals surface area (Å²) in [7, 11) is 1.63. The molecule has 0 amide bonds. The lowest BCUT2D eigenvalue weighted by atomic mass is 10.1. The minimum Gasteiger partial charge on any atom is -0.494 e. The van der Waals surface area contributed by atoms with Gasteiger partial charge in [-0.15, -0.1) is 0 Å². The number of fused-ring (bicyclic) bond motifs is 1. The highest BCUT2D eigenvalue weighted by molar-refractivity contribution is 5.95. The van der Waals surface area contributed by atoms with Crippen LogP contribution in [0.4, 0.5) is 17.5 Å². The molecule has 1 aliphatic rings. The van der Waals surface area contributed by atoms with Crippen molar-refractivity contribution in [3.63, 3.8) is 0 Å². The van der Waals surface area contributed by atoms with Crippen molar-refractivity contribution in [1.82, 2.24) is 30.2 Å². The molecule has 0 bridgehead atoms. The van der Waals surface area contributed by atoms with Crippen LogP contribution in [0.25, 0.3) is 33.4 Å². The number of hydrogen-bond acceptors (Lipinski definition) is 9. The normalized spacial score (nSPS) is 15.0. The van der Waals surface area contributed by atoms with Crippen molar-refractivity contribution in [2.75, 3.05) is 30.8 Å². The van der Waals surface area contributed by atoms with Gasteiger partial charge in [-0.3, -0.25) is 4.98 Å². The third-order valence-electron chi connectivity index (χ3n) is 6.34. The molecule has 1 saturated heterocycles. The molecule has 0 spiro atoms. The molecule has 0 saturated carbocycles. The molecule has 1 unspecified atom stereocenters. The van der Waals surface area contributed by atoms with Crippen LogP contribution in [0.1, 0.15) is 6.42 Å². The zero-order chi connectivity index (χ0) is 25.0. The number of benzene rings is 1. The van der Waals surface area contributed by atoms with E-state index in [9.17, 15) is 0 Å². The molecular formula is C28H26N8O. The quantitative estimate of drug-likeness (QED) is 0.300. The smallest absolute Gasteiger partial charge is 0.162 e. The largest absolute Gasteiger partial charge is 0.494 e. The fraction of sp³-hybridized carbons (Fsp3) is 0.179. The molecule has 1 aliphatic heterocycles. The van der Waals surface area contributed by atoms with E-state index in [1.54, 1.807) is 25.7 Å². The van der Waals surface area contributed by atoms with Crippen molar-refractivity contribution in [3.8, 4) is 28.3 Å². The van der Waals surface area contributed by atoms with Gasteiger partial charge in [-0.1, -0.05) is 30.3 Å². The third-order valence-corrected chi connectivity index (χ3v) is 6.34. The average Bonchev–Trinajstić information content (AvgIpc) is 3.47. The molecule has 9 nitrogen and oxygen atoms in total. The predicted octanol–water partition coefficient (Wildman–Crippen LogP) is 4.67. The summed E-state index contributed by atoms with van der Waals surface area (Å²) in [6.45, 7) is 1.86. The van der Waals surface area contributed by atoms with E-state index in [4.69, 9.17) is 14.7 Å². The van der Waals surface area contributed by atoms with E-state index in [-0.39, 0.29) is 6.04 Å². The molecule has 9 heteroatoms. The van der Waals surface area contributed by atoms with Gasteiger partial charge in [0.2, 0.25) is 0 Å². The second-order valence-electron chi connectivity index (χ2n) is 8.82. The first kappa shape index (κ1) is 22.8. The highest BCUT2D eigenvalue weighted by atomic mass is 16.5. The number of aromatic nitrogens is 5. The first-order chi connectivity index (χ1) is 18.3. The minimum absolute atomic E-state index is 0.281. The lowest BCUT2D eigenvalue weighted by molar-refractivity contribution is 0.418. The van der Waals surface area contributed by atoms with E-state index < -0.39 is 0 Å². The van der Waals surface area contributed by atoms with E-state index in [2.05, 4.69) is 43.0 Å². The summed E-state index contributed by atoms with van der Waals surface area (Å²) in [6.07, 6.45) is 8.03. The SMILES string of the molecule is COc1cncc2nc(-c3ccnc(Nc4ccc(-c5ccccc5)cn4)c3)nc(NC3CCNC3)c12. The van der Waals surface area contributed by atoms with Crippen LogP contribution in [-0.2, 0) is 0 Å². The maximum Gasteiger partial charge on any atom is 0.162 e. The van der Waals surface area contributed by atoms with Gasteiger partial charge in [0, 0.05) is 36.1 Å². The highest BCUT2D eigenvalue weighted by Crippen LogP contribution is 2.32. The Kier molecular flexibility index (Phi) is 6.26. The summed E-state index contributed by atoms with van der Waals surface area (Å²) in [5, 5.41) is 11.1. The molecule has 184 valence electrons. The summed E-state index contributed by atoms with van der Waals surface area (Å²) in [5.41, 5.74) is 3.72. The van der Waals surface area contributed by atoms with E-state index in [0.717, 1.165) is 47.4 Å². The van der Waals surface area contributed by atoms with Gasteiger partial charge in [0.1, 0.15) is 23.2 Å². The lowest BCUT2D eigenvalue weighted by Gasteiger charge is -2.16. The van der Waals surface area contributed by atoms with Gasteiger partial charge in [0.15, 0.2) is 5.82 Å². The summed E-state index contributed by atoms with van der Waals surface area (Å²) in [5.74, 6) is 3.30. The second kappa shape index (κ2) is 10.2. The minimum atomic E-state index is 0.281. The van der Waals surface area contributed by atoms with Crippen LogP contribution in [0, 0.1) is 0 Å². The predicted molar refractivity (Wildman–Crippen MR) is 145 cm³/mol. The Hall–Kier alpha value is -4.63. The van der Waals surface area contributed by atoms with Gasteiger partial charge in [0.25, 0.3) is 0 Å². The van der Waals surface area contributed by atoms with Crippen LogP contribution in [0.2, 0.25) is 0 Å². The summed E-state index contributed by atoms with van der Waals surface area (Å²) in [6, 6.07) is 18.2. The van der Waals surface area contributed by atoms with E-state index >= 15 is 0 Å². The van der Waals surface area contributed by atoms with Crippen LogP contribution >= 0.6 is 0 Å². The van der Waals surface area contributed by atoms with E-state index in [1.807, 2.05) is 48.7 Å². The van der Waals surface area contributed by atoms with Gasteiger partial charge in [-0.05, 0) is 42.8 Å². The Labute approximate surface area is 214 Å². The summed E-state index contributed by atoms with van der Waals surface area (Å²) in [4.78, 5) is 23.1. The number of nitrogens with one attached hydrogen (secondary N) is 3. The van der Waals surface area contributed by atoms with Crippen LogP contribution in [0.5, 0.6) is 5.75 Å². The fourth-order valence-electron chi connectivity index (χ4n) is 4.45. The topological polar surface area (TPSA) is 110 Å². The number of methoxy groups -OCH3 is 1. The molecule has 5 aromatic rings. The van der Waals surface area contributed by atoms with Gasteiger partial charge < -0.3 is 20.7 Å². The Morgan fingerprint density at radius 2 is 1.81 bits per heavy atom. The van der Waals surface area contributed by atoms with Crippen molar-refractivity contribution in [2.45, 2.75) is 12.5 Å². The number of nitrogens with zero attached hydrogens (tertiary/aromatic N) is 5. The first-order valence-corrected chi connectivity index (χ1v) is 12.2. The zero-order valence-electron chi connectivity index (χ0n) is 20.3. The first-order valence-electron chi connectivity index (χ1n) is 12.2. The van der Waals surface area contributed by atoms with Crippen LogP contribution in [-0.4, -0.2) is 51.2 Å². The maximum absolute atomic E-state index is 5.58. The molecule has 1 aromatic carbocycles. The Morgan fingerprint density at radius 3 is 2.59 bits per heavy atom. The van der Waals surface area contributed by atoms with E-state index in [0.29, 0.717) is 28.7 Å². The molecule has 0 radical (unpaired) electrons. The molecule has 37 heavy (non-hydrogen) atoms. The summed E-state index contributed by atoms with van der Waals surface area (Å²) < 4.78 is 5.58. The average molecular weight is 491 g/mol. The van der Waals surface area contributed by atoms with Crippen molar-refractivity contribution >= 4 is 28.4 Å². The number of anilines is 3. The lowest BCUT2D eigenvalue weighted by Crippen LogP contribution is -2.23. The summed E-state index contributed by atoms with van der Waals surface area (Å²) >= 11 is 0. The number of rotatable bonds is 7. The number of hydrogen-bond donors (Lipinski definition) is 3. The molecule has 3 N–H and O–H groups in total. The Balaban J connectivity index is 1.31. The van der Waals surface area contributed by atoms with Gasteiger partial charge in [0.05, 0.1) is 30.4 Å². The molecule has 4 aromatic heterocycles. The molecule has 5 heterocycles.